The van der Waals surface area contributed by atoms with Gasteiger partial charge in [-0.15, -0.1) is 0 Å². The molecule has 1 unspecified atom stereocenters. The maximum Gasteiger partial charge on any atom is 0.0785 e. The number of allylic oxidation sites excluding steroid dienone is 3. The highest BCUT2D eigenvalue weighted by atomic mass is 14.8. The smallest absolute Gasteiger partial charge is 0.0785 e. The molecule has 0 radical (unpaired) electrons. The van der Waals surface area contributed by atoms with Crippen LogP contribution in [0.2, 0.25) is 0 Å². The highest BCUT2D eigenvalue weighted by Crippen LogP contribution is 2.24. The van der Waals surface area contributed by atoms with Gasteiger partial charge in [-0.05, 0) is 25.3 Å². The normalized spacial score (nSPS) is 28.9. The molecule has 12 heavy (non-hydrogen) atoms. The predicted molar refractivity (Wildman–Crippen MR) is 54.6 cm³/mol. The summed E-state index contributed by atoms with van der Waals surface area (Å²) in [6.07, 6.45) is 8.32. The van der Waals surface area contributed by atoms with Gasteiger partial charge in [0.25, 0.3) is 0 Å². The van der Waals surface area contributed by atoms with Crippen LogP contribution in [0.25, 0.3) is 0 Å². The third kappa shape index (κ3) is 1.84. The van der Waals surface area contributed by atoms with Gasteiger partial charge >= 0.3 is 0 Å². The molecule has 1 heterocycles. The third-order valence-corrected chi connectivity index (χ3v) is 2.51. The standard InChI is InChI=1S/C11H17N/c1-9(2)11(4)7-5-6-10(3)8-12-11/h5-9H,1-4H3. The molecule has 1 atom stereocenters. The first-order chi connectivity index (χ1) is 5.54. The second kappa shape index (κ2) is 3.26. The van der Waals surface area contributed by atoms with Crippen molar-refractivity contribution in [3.8, 4) is 0 Å². The van der Waals surface area contributed by atoms with Crippen LogP contribution >= 0.6 is 0 Å². The van der Waals surface area contributed by atoms with Crippen LogP contribution in [0, 0.1) is 5.92 Å². The van der Waals surface area contributed by atoms with Crippen LogP contribution in [0.15, 0.2) is 28.8 Å². The summed E-state index contributed by atoms with van der Waals surface area (Å²) in [5, 5.41) is 0. The zero-order chi connectivity index (χ0) is 9.19. The van der Waals surface area contributed by atoms with Gasteiger partial charge in [0.1, 0.15) is 0 Å². The van der Waals surface area contributed by atoms with Crippen molar-refractivity contribution in [2.24, 2.45) is 10.9 Å². The second-order valence-corrected chi connectivity index (χ2v) is 3.91. The second-order valence-electron chi connectivity index (χ2n) is 3.91. The maximum absolute atomic E-state index is 4.56. The topological polar surface area (TPSA) is 12.4 Å². The van der Waals surface area contributed by atoms with Crippen LogP contribution in [0.3, 0.4) is 0 Å². The summed E-state index contributed by atoms with van der Waals surface area (Å²) in [5.74, 6) is 0.546. The van der Waals surface area contributed by atoms with Crippen LogP contribution in [0.5, 0.6) is 0 Å². The summed E-state index contributed by atoms with van der Waals surface area (Å²) in [6.45, 7) is 8.63. The van der Waals surface area contributed by atoms with E-state index < -0.39 is 0 Å². The Kier molecular flexibility index (Phi) is 2.51. The Morgan fingerprint density at radius 2 is 2.08 bits per heavy atom. The van der Waals surface area contributed by atoms with Crippen molar-refractivity contribution in [3.63, 3.8) is 0 Å². The number of aliphatic imine (C=N–C) groups is 1. The first-order valence-corrected chi connectivity index (χ1v) is 4.46. The van der Waals surface area contributed by atoms with Crippen molar-refractivity contribution in [2.45, 2.75) is 33.2 Å². The molecule has 0 bridgehead atoms. The summed E-state index contributed by atoms with van der Waals surface area (Å²) in [6, 6.07) is 0. The van der Waals surface area contributed by atoms with Gasteiger partial charge in [-0.1, -0.05) is 32.1 Å². The molecule has 66 valence electrons. The quantitative estimate of drug-likeness (QED) is 0.563. The Morgan fingerprint density at radius 1 is 1.42 bits per heavy atom. The minimum atomic E-state index is -0.0196. The van der Waals surface area contributed by atoms with E-state index in [1.165, 1.54) is 5.57 Å². The Bertz CT molecular complexity index is 246. The van der Waals surface area contributed by atoms with E-state index in [1.807, 2.05) is 6.21 Å². The average molecular weight is 163 g/mol. The summed E-state index contributed by atoms with van der Waals surface area (Å²) >= 11 is 0. The first kappa shape index (κ1) is 9.24. The van der Waals surface area contributed by atoms with E-state index in [-0.39, 0.29) is 5.54 Å². The zero-order valence-corrected chi connectivity index (χ0v) is 8.33. The number of hydrogen-bond acceptors (Lipinski definition) is 1. The van der Waals surface area contributed by atoms with Crippen LogP contribution in [-0.2, 0) is 0 Å². The van der Waals surface area contributed by atoms with Gasteiger partial charge in [-0.3, -0.25) is 4.99 Å². The molecule has 1 nitrogen and oxygen atoms in total. The van der Waals surface area contributed by atoms with Gasteiger partial charge < -0.3 is 0 Å². The van der Waals surface area contributed by atoms with Gasteiger partial charge in [0.2, 0.25) is 0 Å². The average Bonchev–Trinajstić information content (AvgIpc) is 2.15. The third-order valence-electron chi connectivity index (χ3n) is 2.51. The fourth-order valence-corrected chi connectivity index (χ4v) is 1.06. The molecule has 1 aliphatic rings. The lowest BCUT2D eigenvalue weighted by Crippen LogP contribution is -2.25. The Balaban J connectivity index is 2.92. The molecule has 0 aromatic heterocycles. The van der Waals surface area contributed by atoms with Crippen molar-refractivity contribution in [1.82, 2.24) is 0 Å². The fourth-order valence-electron chi connectivity index (χ4n) is 1.06. The van der Waals surface area contributed by atoms with Gasteiger partial charge in [0.15, 0.2) is 0 Å². The molecule has 0 fully saturated rings. The SMILES string of the molecule is CC1=CC=CC(C)(C(C)C)N=C1. The molecule has 0 spiro atoms. The number of hydrogen-bond donors (Lipinski definition) is 0. The zero-order valence-electron chi connectivity index (χ0n) is 8.33. The molecule has 0 saturated carbocycles. The van der Waals surface area contributed by atoms with E-state index in [0.717, 1.165) is 0 Å². The predicted octanol–water partition coefficient (Wildman–Crippen LogP) is 2.99. The molecule has 0 aliphatic carbocycles. The van der Waals surface area contributed by atoms with Gasteiger partial charge in [0, 0.05) is 6.21 Å². The Hall–Kier alpha value is -0.850. The summed E-state index contributed by atoms with van der Waals surface area (Å²) < 4.78 is 0. The van der Waals surface area contributed by atoms with E-state index in [0.29, 0.717) is 5.92 Å². The molecule has 0 saturated heterocycles. The molecular weight excluding hydrogens is 146 g/mol. The lowest BCUT2D eigenvalue weighted by atomic mass is 9.89. The van der Waals surface area contributed by atoms with Crippen molar-refractivity contribution in [1.29, 1.82) is 0 Å². The molecular formula is C11H17N. The summed E-state index contributed by atoms with van der Waals surface area (Å²) in [7, 11) is 0. The minimum absolute atomic E-state index is 0.0196. The highest BCUT2D eigenvalue weighted by molar-refractivity contribution is 5.79. The van der Waals surface area contributed by atoms with Crippen LogP contribution in [0.4, 0.5) is 0 Å². The summed E-state index contributed by atoms with van der Waals surface area (Å²) in [5.41, 5.74) is 1.20. The minimum Gasteiger partial charge on any atom is -0.282 e. The van der Waals surface area contributed by atoms with Crippen LogP contribution < -0.4 is 0 Å². The van der Waals surface area contributed by atoms with E-state index in [4.69, 9.17) is 0 Å². The van der Waals surface area contributed by atoms with Crippen LogP contribution in [0.1, 0.15) is 27.7 Å². The molecule has 1 heteroatoms. The van der Waals surface area contributed by atoms with E-state index in [1.54, 1.807) is 0 Å². The van der Waals surface area contributed by atoms with Crippen molar-refractivity contribution in [2.75, 3.05) is 0 Å². The Labute approximate surface area is 74.9 Å². The van der Waals surface area contributed by atoms with Crippen LogP contribution in [-0.4, -0.2) is 11.8 Å². The maximum atomic E-state index is 4.56. The van der Waals surface area contributed by atoms with Crippen molar-refractivity contribution in [3.05, 3.63) is 23.8 Å². The lowest BCUT2D eigenvalue weighted by Gasteiger charge is -2.25. The number of nitrogens with zero attached hydrogens (tertiary/aromatic N) is 1. The van der Waals surface area contributed by atoms with Gasteiger partial charge in [-0.2, -0.15) is 0 Å². The first-order valence-electron chi connectivity index (χ1n) is 4.46. The van der Waals surface area contributed by atoms with E-state index in [9.17, 15) is 0 Å². The lowest BCUT2D eigenvalue weighted by molar-refractivity contribution is 0.424. The molecule has 0 aromatic rings. The van der Waals surface area contributed by atoms with E-state index in [2.05, 4.69) is 50.9 Å². The molecule has 1 aliphatic heterocycles. The monoisotopic (exact) mass is 163 g/mol. The summed E-state index contributed by atoms with van der Waals surface area (Å²) in [4.78, 5) is 4.56. The van der Waals surface area contributed by atoms with Crippen molar-refractivity contribution >= 4 is 6.21 Å². The molecule has 0 N–H and O–H groups in total. The fraction of sp³-hybridized carbons (Fsp3) is 0.545. The van der Waals surface area contributed by atoms with Gasteiger partial charge in [0.05, 0.1) is 5.54 Å². The number of rotatable bonds is 1. The highest BCUT2D eigenvalue weighted by Gasteiger charge is 2.23. The largest absolute Gasteiger partial charge is 0.282 e. The molecule has 0 aromatic carbocycles. The Morgan fingerprint density at radius 3 is 2.67 bits per heavy atom. The molecule has 1 rings (SSSR count). The van der Waals surface area contributed by atoms with E-state index >= 15 is 0 Å². The van der Waals surface area contributed by atoms with Crippen molar-refractivity contribution < 1.29 is 0 Å². The van der Waals surface area contributed by atoms with Gasteiger partial charge in [-0.25, -0.2) is 0 Å². The molecule has 0 amide bonds.